The van der Waals surface area contributed by atoms with Gasteiger partial charge in [-0.05, 0) is 12.8 Å². The van der Waals surface area contributed by atoms with E-state index in [1.165, 1.54) is 70.8 Å². The lowest BCUT2D eigenvalue weighted by atomic mass is 10.1. The van der Waals surface area contributed by atoms with Gasteiger partial charge >= 0.3 is 0 Å². The molecule has 4 N–H and O–H groups in total. The minimum Gasteiger partial charge on any atom is -0.326 e. The molecule has 3 heteroatoms. The van der Waals surface area contributed by atoms with Crippen molar-refractivity contribution in [1.82, 2.24) is 0 Å². The molecular weight excluding hydrogens is 234 g/mol. The summed E-state index contributed by atoms with van der Waals surface area (Å²) in [6.45, 7) is 6.56. The van der Waals surface area contributed by atoms with Gasteiger partial charge < -0.3 is 5.73 Å². The van der Waals surface area contributed by atoms with Gasteiger partial charge in [-0.2, -0.15) is 0 Å². The summed E-state index contributed by atoms with van der Waals surface area (Å²) < 4.78 is 1.10. The van der Waals surface area contributed by atoms with Gasteiger partial charge in [-0.15, -0.1) is 0 Å². The molecule has 1 aliphatic heterocycles. The second-order valence-corrected chi connectivity index (χ2v) is 6.39. The maximum Gasteiger partial charge on any atom is 0.191 e. The smallest absolute Gasteiger partial charge is 0.191 e. The van der Waals surface area contributed by atoms with Crippen LogP contribution >= 0.6 is 0 Å². The predicted molar refractivity (Wildman–Crippen MR) is 83.7 cm³/mol. The first-order valence-electron chi connectivity index (χ1n) is 8.56. The van der Waals surface area contributed by atoms with Crippen LogP contribution in [-0.2, 0) is 0 Å². The van der Waals surface area contributed by atoms with Gasteiger partial charge in [-0.1, -0.05) is 58.3 Å². The highest BCUT2D eigenvalue weighted by Crippen LogP contribution is 2.27. The first kappa shape index (κ1) is 16.9. The van der Waals surface area contributed by atoms with Gasteiger partial charge in [0.2, 0.25) is 0 Å². The Morgan fingerprint density at radius 3 is 1.74 bits per heavy atom. The first-order chi connectivity index (χ1) is 9.25. The molecule has 114 valence electrons. The molecular formula is C16H36N3+. The number of unbranched alkanes of at least 4 members (excludes halogenated alkanes) is 9. The van der Waals surface area contributed by atoms with Crippen LogP contribution in [0, 0.1) is 0 Å². The molecule has 1 heterocycles. The van der Waals surface area contributed by atoms with E-state index in [1.807, 2.05) is 0 Å². The number of nitrogens with two attached hydrogens (primary N) is 2. The van der Waals surface area contributed by atoms with Crippen LogP contribution in [0.4, 0.5) is 0 Å². The number of hydrogen-bond donors (Lipinski definition) is 2. The van der Waals surface area contributed by atoms with Gasteiger partial charge in [-0.25, -0.2) is 0 Å². The second kappa shape index (κ2) is 9.73. The molecule has 0 radical (unpaired) electrons. The minimum absolute atomic E-state index is 0.391. The molecule has 1 saturated heterocycles. The Balaban J connectivity index is 1.84. The van der Waals surface area contributed by atoms with Crippen LogP contribution < -0.4 is 11.5 Å². The largest absolute Gasteiger partial charge is 0.326 e. The summed E-state index contributed by atoms with van der Waals surface area (Å²) in [5.41, 5.74) is 11.7. The van der Waals surface area contributed by atoms with Crippen LogP contribution in [0.3, 0.4) is 0 Å². The fourth-order valence-corrected chi connectivity index (χ4v) is 3.12. The third kappa shape index (κ3) is 6.73. The quantitative estimate of drug-likeness (QED) is 0.307. The highest BCUT2D eigenvalue weighted by atomic mass is 15.5. The number of hydrogen-bond acceptors (Lipinski definition) is 2. The third-order valence-electron chi connectivity index (χ3n) is 4.65. The van der Waals surface area contributed by atoms with E-state index in [9.17, 15) is 0 Å². The van der Waals surface area contributed by atoms with E-state index in [4.69, 9.17) is 11.5 Å². The lowest BCUT2D eigenvalue weighted by Gasteiger charge is -2.18. The van der Waals surface area contributed by atoms with E-state index >= 15 is 0 Å². The monoisotopic (exact) mass is 270 g/mol. The second-order valence-electron chi connectivity index (χ2n) is 6.39. The standard InChI is InChI=1S/C16H36N3/c1-2-3-4-5-6-7-8-9-10-11-13-19(14-12-17)15-16(19)18/h16H,2-15,17-18H2,1H3/q+1. The Morgan fingerprint density at radius 1 is 0.842 bits per heavy atom. The van der Waals surface area contributed by atoms with Crippen LogP contribution in [0.15, 0.2) is 0 Å². The molecule has 0 aromatic rings. The Hall–Kier alpha value is -0.120. The predicted octanol–water partition coefficient (Wildman–Crippen LogP) is 2.98. The van der Waals surface area contributed by atoms with E-state index in [-0.39, 0.29) is 0 Å². The molecule has 19 heavy (non-hydrogen) atoms. The molecule has 0 saturated carbocycles. The number of nitrogens with zero attached hydrogens (tertiary/aromatic N) is 1. The van der Waals surface area contributed by atoms with Crippen molar-refractivity contribution in [2.45, 2.75) is 77.3 Å². The SMILES string of the molecule is CCCCCCCCCCCC[N+]1(CCN)CC1N. The summed E-state index contributed by atoms with van der Waals surface area (Å²) in [5, 5.41) is 0. The van der Waals surface area contributed by atoms with Crippen LogP contribution in [-0.4, -0.2) is 36.8 Å². The van der Waals surface area contributed by atoms with E-state index in [1.54, 1.807) is 0 Å². The van der Waals surface area contributed by atoms with Gasteiger partial charge in [0, 0.05) is 6.54 Å². The summed E-state index contributed by atoms with van der Waals surface area (Å²) in [6, 6.07) is 0. The first-order valence-corrected chi connectivity index (χ1v) is 8.56. The average molecular weight is 270 g/mol. The third-order valence-corrected chi connectivity index (χ3v) is 4.65. The Bertz CT molecular complexity index is 220. The summed E-state index contributed by atoms with van der Waals surface area (Å²) >= 11 is 0. The van der Waals surface area contributed by atoms with E-state index in [0.29, 0.717) is 6.17 Å². The topological polar surface area (TPSA) is 52.0 Å². The summed E-state index contributed by atoms with van der Waals surface area (Å²) in [5.74, 6) is 0. The molecule has 0 amide bonds. The van der Waals surface area contributed by atoms with Crippen LogP contribution in [0.25, 0.3) is 0 Å². The lowest BCUT2D eigenvalue weighted by molar-refractivity contribution is -0.812. The average Bonchev–Trinajstić information content (AvgIpc) is 3.02. The molecule has 1 aliphatic rings. The van der Waals surface area contributed by atoms with Crippen molar-refractivity contribution in [2.24, 2.45) is 11.5 Å². The van der Waals surface area contributed by atoms with Crippen LogP contribution in [0.2, 0.25) is 0 Å². The van der Waals surface area contributed by atoms with Crippen molar-refractivity contribution in [3.63, 3.8) is 0 Å². The maximum absolute atomic E-state index is 6.02. The fourth-order valence-electron chi connectivity index (χ4n) is 3.12. The fraction of sp³-hybridized carbons (Fsp3) is 1.00. The summed E-state index contributed by atoms with van der Waals surface area (Å²) in [6.07, 6.45) is 14.5. The molecule has 0 aromatic heterocycles. The highest BCUT2D eigenvalue weighted by Gasteiger charge is 2.50. The summed E-state index contributed by atoms with van der Waals surface area (Å²) in [7, 11) is 0. The summed E-state index contributed by atoms with van der Waals surface area (Å²) in [4.78, 5) is 0. The van der Waals surface area contributed by atoms with E-state index in [0.717, 1.165) is 24.1 Å². The molecule has 1 fully saturated rings. The van der Waals surface area contributed by atoms with Crippen molar-refractivity contribution in [2.75, 3.05) is 26.2 Å². The molecule has 3 nitrogen and oxygen atoms in total. The molecule has 1 rings (SSSR count). The lowest BCUT2D eigenvalue weighted by Crippen LogP contribution is -2.37. The zero-order chi connectivity index (χ0) is 14.0. The molecule has 2 unspecified atom stereocenters. The number of rotatable bonds is 13. The van der Waals surface area contributed by atoms with Crippen LogP contribution in [0.1, 0.15) is 71.1 Å². The molecule has 0 bridgehead atoms. The van der Waals surface area contributed by atoms with Crippen molar-refractivity contribution in [3.8, 4) is 0 Å². The number of quaternary nitrogens is 1. The highest BCUT2D eigenvalue weighted by molar-refractivity contribution is 4.68. The van der Waals surface area contributed by atoms with Crippen molar-refractivity contribution in [1.29, 1.82) is 0 Å². The van der Waals surface area contributed by atoms with Gasteiger partial charge in [0.05, 0.1) is 13.1 Å². The van der Waals surface area contributed by atoms with E-state index < -0.39 is 0 Å². The van der Waals surface area contributed by atoms with Crippen molar-refractivity contribution >= 4 is 0 Å². The normalized spacial score (nSPS) is 25.7. The van der Waals surface area contributed by atoms with Gasteiger partial charge in [0.25, 0.3) is 0 Å². The Morgan fingerprint density at radius 2 is 1.32 bits per heavy atom. The zero-order valence-corrected chi connectivity index (χ0v) is 13.1. The molecule has 0 aromatic carbocycles. The maximum atomic E-state index is 6.02. The van der Waals surface area contributed by atoms with E-state index in [2.05, 4.69) is 6.92 Å². The van der Waals surface area contributed by atoms with Gasteiger partial charge in [0.1, 0.15) is 6.54 Å². The van der Waals surface area contributed by atoms with Crippen molar-refractivity contribution in [3.05, 3.63) is 0 Å². The minimum atomic E-state index is 0.391. The zero-order valence-electron chi connectivity index (χ0n) is 13.1. The Kier molecular flexibility index (Phi) is 8.67. The van der Waals surface area contributed by atoms with Crippen molar-refractivity contribution < 1.29 is 4.48 Å². The molecule has 0 aliphatic carbocycles. The van der Waals surface area contributed by atoms with Gasteiger partial charge in [-0.3, -0.25) is 10.2 Å². The molecule has 0 spiro atoms. The molecule has 2 atom stereocenters. The van der Waals surface area contributed by atoms with Crippen LogP contribution in [0.5, 0.6) is 0 Å². The Labute approximate surface area is 120 Å². The van der Waals surface area contributed by atoms with Gasteiger partial charge in [0.15, 0.2) is 6.17 Å².